The molecule has 3 rings (SSSR count). The molecule has 0 saturated heterocycles. The van der Waals surface area contributed by atoms with Crippen molar-refractivity contribution in [1.82, 2.24) is 19.7 Å². The lowest BCUT2D eigenvalue weighted by atomic mass is 10.2. The SMILES string of the molecule is CC[C@H](O)c1cc2n(n1)CCN(Cc1nccs1)C2. The standard InChI is InChI=1S/C13H18N4OS/c1-2-12(18)11-7-10-8-16(4-5-17(10)15-11)9-13-14-3-6-19-13/h3,6-7,12,18H,2,4-5,8-9H2,1H3/t12-/m0/s1. The highest BCUT2D eigenvalue weighted by atomic mass is 32.1. The number of nitrogens with zero attached hydrogens (tertiary/aromatic N) is 4. The van der Waals surface area contributed by atoms with E-state index in [-0.39, 0.29) is 0 Å². The third kappa shape index (κ3) is 2.70. The smallest absolute Gasteiger partial charge is 0.107 e. The van der Waals surface area contributed by atoms with E-state index in [9.17, 15) is 5.11 Å². The second-order valence-electron chi connectivity index (χ2n) is 4.84. The molecule has 0 aliphatic carbocycles. The van der Waals surface area contributed by atoms with Gasteiger partial charge in [-0.3, -0.25) is 9.58 Å². The van der Waals surface area contributed by atoms with Crippen LogP contribution in [0.4, 0.5) is 0 Å². The zero-order valence-corrected chi connectivity index (χ0v) is 11.8. The van der Waals surface area contributed by atoms with Crippen LogP contribution in [-0.2, 0) is 19.6 Å². The van der Waals surface area contributed by atoms with Crippen molar-refractivity contribution in [3.05, 3.63) is 34.0 Å². The lowest BCUT2D eigenvalue weighted by Crippen LogP contribution is -2.33. The third-order valence-electron chi connectivity index (χ3n) is 3.47. The van der Waals surface area contributed by atoms with Crippen LogP contribution < -0.4 is 0 Å². The van der Waals surface area contributed by atoms with Gasteiger partial charge in [0, 0.05) is 24.7 Å². The molecular formula is C13H18N4OS. The highest BCUT2D eigenvalue weighted by molar-refractivity contribution is 7.09. The molecule has 0 spiro atoms. The molecule has 19 heavy (non-hydrogen) atoms. The maximum Gasteiger partial charge on any atom is 0.107 e. The normalized spacial score (nSPS) is 17.4. The van der Waals surface area contributed by atoms with Gasteiger partial charge in [-0.1, -0.05) is 6.92 Å². The zero-order valence-electron chi connectivity index (χ0n) is 11.0. The molecule has 3 heterocycles. The average Bonchev–Trinajstić information content (AvgIpc) is 3.06. The Labute approximate surface area is 116 Å². The Morgan fingerprint density at radius 3 is 3.11 bits per heavy atom. The van der Waals surface area contributed by atoms with E-state index >= 15 is 0 Å². The highest BCUT2D eigenvalue weighted by Crippen LogP contribution is 2.21. The number of fused-ring (bicyclic) bond motifs is 1. The first-order valence-electron chi connectivity index (χ1n) is 6.61. The van der Waals surface area contributed by atoms with Crippen molar-refractivity contribution < 1.29 is 5.11 Å². The van der Waals surface area contributed by atoms with Crippen LogP contribution in [0.3, 0.4) is 0 Å². The maximum atomic E-state index is 9.85. The molecule has 5 nitrogen and oxygen atoms in total. The van der Waals surface area contributed by atoms with Gasteiger partial charge in [0.1, 0.15) is 5.01 Å². The summed E-state index contributed by atoms with van der Waals surface area (Å²) in [5.74, 6) is 0. The first-order chi connectivity index (χ1) is 9.26. The summed E-state index contributed by atoms with van der Waals surface area (Å²) in [5, 5.41) is 17.5. The molecule has 1 aliphatic rings. The fourth-order valence-corrected chi connectivity index (χ4v) is 3.03. The van der Waals surface area contributed by atoms with Gasteiger partial charge in [-0.15, -0.1) is 11.3 Å². The molecule has 0 bridgehead atoms. The van der Waals surface area contributed by atoms with Crippen molar-refractivity contribution in [3.8, 4) is 0 Å². The van der Waals surface area contributed by atoms with Crippen LogP contribution >= 0.6 is 11.3 Å². The molecule has 0 saturated carbocycles. The van der Waals surface area contributed by atoms with E-state index in [4.69, 9.17) is 0 Å². The number of aliphatic hydroxyl groups excluding tert-OH is 1. The van der Waals surface area contributed by atoms with Crippen LogP contribution in [0.1, 0.15) is 35.8 Å². The van der Waals surface area contributed by atoms with Gasteiger partial charge >= 0.3 is 0 Å². The maximum absolute atomic E-state index is 9.85. The van der Waals surface area contributed by atoms with Crippen LogP contribution in [0.15, 0.2) is 17.6 Å². The van der Waals surface area contributed by atoms with Crippen LogP contribution in [-0.4, -0.2) is 31.3 Å². The Bertz CT molecular complexity index is 537. The molecule has 1 N–H and O–H groups in total. The molecular weight excluding hydrogens is 260 g/mol. The molecule has 0 amide bonds. The van der Waals surface area contributed by atoms with E-state index < -0.39 is 6.10 Å². The predicted octanol–water partition coefficient (Wildman–Crippen LogP) is 1.80. The van der Waals surface area contributed by atoms with Crippen LogP contribution in [0.25, 0.3) is 0 Å². The van der Waals surface area contributed by atoms with E-state index in [1.807, 2.05) is 29.2 Å². The number of hydrogen-bond acceptors (Lipinski definition) is 5. The number of aliphatic hydroxyl groups is 1. The first kappa shape index (κ1) is 12.8. The summed E-state index contributed by atoms with van der Waals surface area (Å²) >= 11 is 1.70. The minimum atomic E-state index is -0.439. The molecule has 0 radical (unpaired) electrons. The van der Waals surface area contributed by atoms with Crippen molar-refractivity contribution in [3.63, 3.8) is 0 Å². The summed E-state index contributed by atoms with van der Waals surface area (Å²) in [6.45, 7) is 5.61. The Balaban J connectivity index is 1.71. The Hall–Kier alpha value is -1.24. The first-order valence-corrected chi connectivity index (χ1v) is 7.49. The van der Waals surface area contributed by atoms with Crippen molar-refractivity contribution in [2.45, 2.75) is 39.1 Å². The van der Waals surface area contributed by atoms with Crippen molar-refractivity contribution in [1.29, 1.82) is 0 Å². The molecule has 102 valence electrons. The van der Waals surface area contributed by atoms with Gasteiger partial charge in [-0.05, 0) is 12.5 Å². The number of rotatable bonds is 4. The largest absolute Gasteiger partial charge is 0.387 e. The Morgan fingerprint density at radius 1 is 1.47 bits per heavy atom. The van der Waals surface area contributed by atoms with Crippen LogP contribution in [0, 0.1) is 0 Å². The van der Waals surface area contributed by atoms with E-state index in [2.05, 4.69) is 15.0 Å². The second kappa shape index (κ2) is 5.40. The molecule has 0 aromatic carbocycles. The van der Waals surface area contributed by atoms with Gasteiger partial charge in [-0.25, -0.2) is 4.98 Å². The van der Waals surface area contributed by atoms with Gasteiger partial charge in [0.25, 0.3) is 0 Å². The van der Waals surface area contributed by atoms with Gasteiger partial charge in [-0.2, -0.15) is 5.10 Å². The molecule has 1 aliphatic heterocycles. The summed E-state index contributed by atoms with van der Waals surface area (Å²) in [4.78, 5) is 6.70. The van der Waals surface area contributed by atoms with Crippen LogP contribution in [0.5, 0.6) is 0 Å². The molecule has 2 aromatic heterocycles. The molecule has 2 aromatic rings. The van der Waals surface area contributed by atoms with E-state index in [1.165, 1.54) is 5.69 Å². The average molecular weight is 278 g/mol. The van der Waals surface area contributed by atoms with E-state index in [0.29, 0.717) is 6.42 Å². The number of hydrogen-bond donors (Lipinski definition) is 1. The topological polar surface area (TPSA) is 54.2 Å². The Kier molecular flexibility index (Phi) is 3.63. The zero-order chi connectivity index (χ0) is 13.2. The molecule has 0 unspecified atom stereocenters. The van der Waals surface area contributed by atoms with Crippen LogP contribution in [0.2, 0.25) is 0 Å². The minimum Gasteiger partial charge on any atom is -0.387 e. The molecule has 6 heteroatoms. The predicted molar refractivity (Wildman–Crippen MR) is 73.7 cm³/mol. The summed E-state index contributed by atoms with van der Waals surface area (Å²) in [7, 11) is 0. The highest BCUT2D eigenvalue weighted by Gasteiger charge is 2.20. The third-order valence-corrected chi connectivity index (χ3v) is 4.23. The van der Waals surface area contributed by atoms with E-state index in [0.717, 1.165) is 36.9 Å². The van der Waals surface area contributed by atoms with Gasteiger partial charge < -0.3 is 5.11 Å². The second-order valence-corrected chi connectivity index (χ2v) is 5.82. The number of aromatic nitrogens is 3. The molecule has 1 atom stereocenters. The van der Waals surface area contributed by atoms with Gasteiger partial charge in [0.15, 0.2) is 0 Å². The van der Waals surface area contributed by atoms with Crippen molar-refractivity contribution in [2.75, 3.05) is 6.54 Å². The quantitative estimate of drug-likeness (QED) is 0.926. The summed E-state index contributed by atoms with van der Waals surface area (Å²) in [6.07, 6.45) is 2.12. The van der Waals surface area contributed by atoms with Crippen molar-refractivity contribution >= 4 is 11.3 Å². The van der Waals surface area contributed by atoms with Crippen molar-refractivity contribution in [2.24, 2.45) is 0 Å². The fraction of sp³-hybridized carbons (Fsp3) is 0.538. The van der Waals surface area contributed by atoms with E-state index in [1.54, 1.807) is 11.3 Å². The summed E-state index contributed by atoms with van der Waals surface area (Å²) < 4.78 is 2.02. The van der Waals surface area contributed by atoms with Gasteiger partial charge in [0.05, 0.1) is 30.6 Å². The monoisotopic (exact) mass is 278 g/mol. The number of thiazole rings is 1. The van der Waals surface area contributed by atoms with Gasteiger partial charge in [0.2, 0.25) is 0 Å². The minimum absolute atomic E-state index is 0.439. The Morgan fingerprint density at radius 2 is 2.37 bits per heavy atom. The summed E-state index contributed by atoms with van der Waals surface area (Å²) in [6, 6.07) is 2.03. The lowest BCUT2D eigenvalue weighted by molar-refractivity contribution is 0.166. The lowest BCUT2D eigenvalue weighted by Gasteiger charge is -2.26. The molecule has 0 fully saturated rings. The summed E-state index contributed by atoms with van der Waals surface area (Å²) in [5.41, 5.74) is 1.99. The fourth-order valence-electron chi connectivity index (χ4n) is 2.37.